The zero-order valence-corrected chi connectivity index (χ0v) is 17.3. The number of carbonyl (C=O) groups excluding carboxylic acids is 1. The molecule has 1 aliphatic heterocycles. The number of benzene rings is 1. The molecule has 2 atom stereocenters. The molecule has 1 amide bonds. The Morgan fingerprint density at radius 1 is 1.22 bits per heavy atom. The zero-order chi connectivity index (χ0) is 19.4. The minimum Gasteiger partial charge on any atom is -0.485 e. The highest BCUT2D eigenvalue weighted by atomic mass is 32.2. The summed E-state index contributed by atoms with van der Waals surface area (Å²) in [6.45, 7) is 6.65. The van der Waals surface area contributed by atoms with E-state index in [0.29, 0.717) is 24.4 Å². The van der Waals surface area contributed by atoms with Crippen LogP contribution in [-0.4, -0.2) is 43.4 Å². The number of hydrogen-bond donors (Lipinski definition) is 0. The van der Waals surface area contributed by atoms with Gasteiger partial charge in [-0.3, -0.25) is 4.79 Å². The first-order valence-electron chi connectivity index (χ1n) is 9.48. The largest absolute Gasteiger partial charge is 0.485 e. The first kappa shape index (κ1) is 19.7. The van der Waals surface area contributed by atoms with Crippen LogP contribution in [0.1, 0.15) is 44.5 Å². The number of carbonyl (C=O) groups is 1. The number of piperidine rings is 1. The van der Waals surface area contributed by atoms with Crippen LogP contribution < -0.4 is 4.74 Å². The van der Waals surface area contributed by atoms with E-state index in [4.69, 9.17) is 4.74 Å². The van der Waals surface area contributed by atoms with Crippen molar-refractivity contribution in [2.75, 3.05) is 5.75 Å². The van der Waals surface area contributed by atoms with Crippen LogP contribution in [0, 0.1) is 6.92 Å². The van der Waals surface area contributed by atoms with E-state index in [1.165, 1.54) is 18.2 Å². The number of para-hydroxylation sites is 1. The van der Waals surface area contributed by atoms with Gasteiger partial charge < -0.3 is 14.2 Å². The van der Waals surface area contributed by atoms with E-state index in [1.54, 1.807) is 0 Å². The van der Waals surface area contributed by atoms with Crippen LogP contribution >= 0.6 is 11.8 Å². The van der Waals surface area contributed by atoms with E-state index in [1.807, 2.05) is 47.7 Å². The van der Waals surface area contributed by atoms with Crippen molar-refractivity contribution in [3.05, 3.63) is 35.7 Å². The Morgan fingerprint density at radius 3 is 2.63 bits per heavy atom. The fourth-order valence-corrected chi connectivity index (χ4v) is 4.37. The van der Waals surface area contributed by atoms with Gasteiger partial charge in [-0.15, -0.1) is 10.2 Å². The number of aryl methyl sites for hydroxylation is 1. The maximum absolute atomic E-state index is 12.7. The number of ether oxygens (including phenoxy) is 1. The van der Waals surface area contributed by atoms with Crippen molar-refractivity contribution in [2.45, 2.75) is 63.9 Å². The molecule has 0 bridgehead atoms. The Morgan fingerprint density at radius 2 is 1.93 bits per heavy atom. The summed E-state index contributed by atoms with van der Waals surface area (Å²) in [6, 6.07) is 8.54. The Labute approximate surface area is 165 Å². The van der Waals surface area contributed by atoms with Crippen molar-refractivity contribution in [3.8, 4) is 5.75 Å². The number of amides is 1. The molecule has 3 rings (SSSR count). The van der Waals surface area contributed by atoms with Crippen molar-refractivity contribution in [2.24, 2.45) is 7.05 Å². The average Bonchev–Trinajstić information content (AvgIpc) is 2.99. The van der Waals surface area contributed by atoms with E-state index in [-0.39, 0.29) is 5.91 Å². The predicted molar refractivity (Wildman–Crippen MR) is 107 cm³/mol. The van der Waals surface area contributed by atoms with Crippen molar-refractivity contribution in [3.63, 3.8) is 0 Å². The molecule has 0 radical (unpaired) electrons. The lowest BCUT2D eigenvalue weighted by atomic mass is 9.98. The summed E-state index contributed by atoms with van der Waals surface area (Å²) in [6.07, 6.45) is 3.38. The molecule has 0 unspecified atom stereocenters. The molecule has 1 saturated heterocycles. The fraction of sp³-hybridized carbons (Fsp3) is 0.550. The molecule has 0 aliphatic carbocycles. The van der Waals surface area contributed by atoms with Crippen molar-refractivity contribution in [1.29, 1.82) is 0 Å². The van der Waals surface area contributed by atoms with Crippen LogP contribution in [-0.2, 0) is 18.4 Å². The lowest BCUT2D eigenvalue weighted by Gasteiger charge is -2.39. The summed E-state index contributed by atoms with van der Waals surface area (Å²) < 4.78 is 7.76. The Kier molecular flexibility index (Phi) is 6.42. The van der Waals surface area contributed by atoms with E-state index >= 15 is 0 Å². The molecular formula is C20H28N4O2S. The highest BCUT2D eigenvalue weighted by Gasteiger charge is 2.29. The summed E-state index contributed by atoms with van der Waals surface area (Å²) in [5.74, 6) is 2.16. The first-order chi connectivity index (χ1) is 13.0. The number of likely N-dealkylation sites (tertiary alicyclic amines) is 1. The smallest absolute Gasteiger partial charge is 0.233 e. The van der Waals surface area contributed by atoms with Gasteiger partial charge in [-0.25, -0.2) is 0 Å². The molecule has 146 valence electrons. The van der Waals surface area contributed by atoms with Gasteiger partial charge in [-0.2, -0.15) is 0 Å². The number of hydrogen-bond acceptors (Lipinski definition) is 5. The van der Waals surface area contributed by atoms with Crippen molar-refractivity contribution in [1.82, 2.24) is 19.7 Å². The Hall–Kier alpha value is -2.02. The monoisotopic (exact) mass is 388 g/mol. The minimum atomic E-state index is 0.181. The second-order valence-corrected chi connectivity index (χ2v) is 8.17. The first-order valence-corrected chi connectivity index (χ1v) is 10.5. The summed E-state index contributed by atoms with van der Waals surface area (Å²) in [4.78, 5) is 14.7. The number of aromatic nitrogens is 3. The SMILES string of the molecule is Cc1ccccc1OCc1nnc(SCC(=O)N2[C@H](C)CCC[C@H]2C)n1C. The normalized spacial score (nSPS) is 19.9. The summed E-state index contributed by atoms with van der Waals surface area (Å²) in [7, 11) is 1.91. The molecule has 1 aliphatic rings. The highest BCUT2D eigenvalue weighted by Crippen LogP contribution is 2.25. The molecule has 6 nitrogen and oxygen atoms in total. The van der Waals surface area contributed by atoms with Gasteiger partial charge in [-0.1, -0.05) is 30.0 Å². The molecule has 1 aromatic carbocycles. The number of rotatable bonds is 6. The average molecular weight is 389 g/mol. The van der Waals surface area contributed by atoms with Gasteiger partial charge in [0.2, 0.25) is 5.91 Å². The van der Waals surface area contributed by atoms with Crippen molar-refractivity contribution >= 4 is 17.7 Å². The maximum Gasteiger partial charge on any atom is 0.233 e. The molecule has 2 aromatic rings. The molecule has 7 heteroatoms. The summed E-state index contributed by atoms with van der Waals surface area (Å²) >= 11 is 1.44. The molecule has 0 saturated carbocycles. The molecule has 0 spiro atoms. The number of thioether (sulfide) groups is 1. The van der Waals surface area contributed by atoms with E-state index in [2.05, 4.69) is 24.0 Å². The molecule has 0 N–H and O–H groups in total. The van der Waals surface area contributed by atoms with Crippen LogP contribution in [0.3, 0.4) is 0 Å². The van der Waals surface area contributed by atoms with Crippen LogP contribution in [0.5, 0.6) is 5.75 Å². The van der Waals surface area contributed by atoms with Gasteiger partial charge >= 0.3 is 0 Å². The molecular weight excluding hydrogens is 360 g/mol. The third kappa shape index (κ3) is 4.64. The van der Waals surface area contributed by atoms with Crippen LogP contribution in [0.4, 0.5) is 0 Å². The van der Waals surface area contributed by atoms with Gasteiger partial charge in [0.25, 0.3) is 0 Å². The fourth-order valence-electron chi connectivity index (χ4n) is 3.57. The van der Waals surface area contributed by atoms with E-state index in [0.717, 1.165) is 35.1 Å². The predicted octanol–water partition coefficient (Wildman–Crippen LogP) is 3.58. The summed E-state index contributed by atoms with van der Waals surface area (Å²) in [5.41, 5.74) is 1.09. The van der Waals surface area contributed by atoms with E-state index in [9.17, 15) is 4.79 Å². The Bertz CT molecular complexity index is 782. The lowest BCUT2D eigenvalue weighted by Crippen LogP contribution is -2.48. The Balaban J connectivity index is 1.57. The minimum absolute atomic E-state index is 0.181. The second-order valence-electron chi connectivity index (χ2n) is 7.23. The third-order valence-electron chi connectivity index (χ3n) is 5.18. The highest BCUT2D eigenvalue weighted by molar-refractivity contribution is 7.99. The standard InChI is InChI=1S/C20H28N4O2S/c1-14-8-5-6-11-17(14)26-12-18-21-22-20(23(18)4)27-13-19(25)24-15(2)9-7-10-16(24)3/h5-6,8,11,15-16H,7,9-10,12-13H2,1-4H3/t15-,16-/m1/s1. The van der Waals surface area contributed by atoms with Gasteiger partial charge in [0.05, 0.1) is 5.75 Å². The van der Waals surface area contributed by atoms with E-state index < -0.39 is 0 Å². The van der Waals surface area contributed by atoms with Crippen LogP contribution in [0.15, 0.2) is 29.4 Å². The van der Waals surface area contributed by atoms with Crippen molar-refractivity contribution < 1.29 is 9.53 Å². The summed E-state index contributed by atoms with van der Waals surface area (Å²) in [5, 5.41) is 9.19. The zero-order valence-electron chi connectivity index (χ0n) is 16.5. The number of nitrogens with zero attached hydrogens (tertiary/aromatic N) is 4. The topological polar surface area (TPSA) is 60.3 Å². The van der Waals surface area contributed by atoms with Crippen LogP contribution in [0.25, 0.3) is 0 Å². The molecule has 1 aromatic heterocycles. The van der Waals surface area contributed by atoms with Gasteiger partial charge in [0, 0.05) is 19.1 Å². The van der Waals surface area contributed by atoms with Gasteiger partial charge in [0.15, 0.2) is 11.0 Å². The molecule has 27 heavy (non-hydrogen) atoms. The second kappa shape index (κ2) is 8.78. The maximum atomic E-state index is 12.7. The van der Waals surface area contributed by atoms with Gasteiger partial charge in [-0.05, 0) is 51.7 Å². The molecule has 2 heterocycles. The third-order valence-corrected chi connectivity index (χ3v) is 6.19. The van der Waals surface area contributed by atoms with Crippen LogP contribution in [0.2, 0.25) is 0 Å². The quantitative estimate of drug-likeness (QED) is 0.708. The van der Waals surface area contributed by atoms with Gasteiger partial charge in [0.1, 0.15) is 12.4 Å². The lowest BCUT2D eigenvalue weighted by molar-refractivity contribution is -0.134. The molecule has 1 fully saturated rings.